The fraction of sp³-hybridized carbons (Fsp3) is 0. The molecule has 0 N–H and O–H groups in total. The van der Waals surface area contributed by atoms with Gasteiger partial charge in [-0.15, -0.1) is 11.3 Å². The summed E-state index contributed by atoms with van der Waals surface area (Å²) in [5.74, 6) is 0. The second-order valence-electron chi connectivity index (χ2n) is 10.8. The molecule has 0 spiro atoms. The molecule has 42 heavy (non-hydrogen) atoms. The Kier molecular flexibility index (Phi) is 5.10. The predicted octanol–water partition coefficient (Wildman–Crippen LogP) is 11.0. The lowest BCUT2D eigenvalue weighted by Crippen LogP contribution is -1.98. The fourth-order valence-corrected chi connectivity index (χ4v) is 7.56. The maximum Gasteiger partial charge on any atom is 0.127 e. The Hall–Kier alpha value is -5.25. The first kappa shape index (κ1) is 23.5. The zero-order valence-electron chi connectivity index (χ0n) is 22.7. The minimum Gasteiger partial charge on any atom is -0.308 e. The minimum absolute atomic E-state index is 1.02. The molecule has 6 aromatic carbocycles. The summed E-state index contributed by atoms with van der Waals surface area (Å²) in [6.07, 6.45) is 0. The number of aromatic nitrogens is 2. The first-order valence-corrected chi connectivity index (χ1v) is 15.0. The quantitative estimate of drug-likeness (QED) is 0.213. The molecule has 0 fully saturated rings. The van der Waals surface area contributed by atoms with Crippen LogP contribution in [0.2, 0.25) is 0 Å². The van der Waals surface area contributed by atoms with Crippen molar-refractivity contribution in [1.29, 1.82) is 0 Å². The second kappa shape index (κ2) is 9.13. The van der Waals surface area contributed by atoms with Crippen molar-refractivity contribution in [3.05, 3.63) is 146 Å². The van der Waals surface area contributed by atoms with Crippen LogP contribution in [0.1, 0.15) is 0 Å². The highest BCUT2D eigenvalue weighted by Gasteiger charge is 2.21. The third-order valence-corrected chi connectivity index (χ3v) is 9.46. The van der Waals surface area contributed by atoms with Crippen molar-refractivity contribution >= 4 is 64.3 Å². The molecule has 0 unspecified atom stereocenters. The van der Waals surface area contributed by atoms with E-state index in [2.05, 4.69) is 150 Å². The first-order chi connectivity index (χ1) is 20.8. The van der Waals surface area contributed by atoms with Gasteiger partial charge in [0.15, 0.2) is 0 Å². The van der Waals surface area contributed by atoms with E-state index in [0.717, 1.165) is 15.7 Å². The summed E-state index contributed by atoms with van der Waals surface area (Å²) < 4.78 is 3.75. The van der Waals surface area contributed by atoms with Crippen molar-refractivity contribution in [3.8, 4) is 27.9 Å². The summed E-state index contributed by atoms with van der Waals surface area (Å²) in [7, 11) is 0. The zero-order valence-corrected chi connectivity index (χ0v) is 23.5. The van der Waals surface area contributed by atoms with Gasteiger partial charge in [0, 0.05) is 31.6 Å². The number of hydrogen-bond donors (Lipinski definition) is 0. The lowest BCUT2D eigenvalue weighted by atomic mass is 10.0. The Bertz CT molecular complexity index is 2350. The Morgan fingerprint density at radius 3 is 1.64 bits per heavy atom. The van der Waals surface area contributed by atoms with E-state index < -0.39 is 0 Å². The topological polar surface area (TPSA) is 17.8 Å². The van der Waals surface area contributed by atoms with Crippen LogP contribution < -0.4 is 0 Å². The summed E-state index contributed by atoms with van der Waals surface area (Å²) >= 11 is 1.77. The van der Waals surface area contributed by atoms with Crippen LogP contribution in [0.4, 0.5) is 0 Å². The molecule has 0 aliphatic heterocycles. The van der Waals surface area contributed by atoms with Gasteiger partial charge >= 0.3 is 0 Å². The molecule has 9 aromatic rings. The lowest BCUT2D eigenvalue weighted by Gasteiger charge is -2.14. The van der Waals surface area contributed by atoms with Gasteiger partial charge in [-0.1, -0.05) is 109 Å². The average molecular weight is 553 g/mol. The van der Waals surface area contributed by atoms with Crippen LogP contribution in [0.15, 0.2) is 146 Å². The molecule has 0 saturated heterocycles. The Morgan fingerprint density at radius 1 is 0.452 bits per heavy atom. The number of rotatable bonds is 3. The molecule has 0 aliphatic rings. The van der Waals surface area contributed by atoms with Gasteiger partial charge in [0.05, 0.1) is 22.2 Å². The number of hydrogen-bond acceptors (Lipinski definition) is 2. The number of benzene rings is 6. The van der Waals surface area contributed by atoms with Crippen LogP contribution in [-0.2, 0) is 0 Å². The predicted molar refractivity (Wildman–Crippen MR) is 180 cm³/mol. The molecular weight excluding hydrogens is 529 g/mol. The summed E-state index contributed by atoms with van der Waals surface area (Å²) in [4.78, 5) is 6.23. The molecule has 0 saturated carbocycles. The lowest BCUT2D eigenvalue weighted by molar-refractivity contribution is 1.21. The maximum atomic E-state index is 5.16. The van der Waals surface area contributed by atoms with Gasteiger partial charge in [-0.05, 0) is 58.7 Å². The van der Waals surface area contributed by atoms with Crippen molar-refractivity contribution in [2.24, 2.45) is 0 Å². The maximum absolute atomic E-state index is 5.16. The number of pyridine rings is 1. The average Bonchev–Trinajstić information content (AvgIpc) is 3.59. The van der Waals surface area contributed by atoms with Gasteiger partial charge in [0.1, 0.15) is 4.83 Å². The largest absolute Gasteiger partial charge is 0.308 e. The van der Waals surface area contributed by atoms with E-state index in [1.54, 1.807) is 11.3 Å². The Labute approximate surface area is 246 Å². The Balaban J connectivity index is 1.46. The van der Waals surface area contributed by atoms with Crippen LogP contribution in [0.5, 0.6) is 0 Å². The highest BCUT2D eigenvalue weighted by atomic mass is 32.1. The summed E-state index contributed by atoms with van der Waals surface area (Å²) in [5, 5.41) is 6.12. The monoisotopic (exact) mass is 552 g/mol. The SMILES string of the molecule is c1ccc(-c2ccc3c(c2)c2cc(-c4ccccc4)ccc2n3-c2c3ccccc3nc3sc4ccccc4c23)cc1. The van der Waals surface area contributed by atoms with E-state index in [0.29, 0.717) is 0 Å². The highest BCUT2D eigenvalue weighted by Crippen LogP contribution is 2.44. The van der Waals surface area contributed by atoms with Crippen molar-refractivity contribution in [2.45, 2.75) is 0 Å². The number of fused-ring (bicyclic) bond motifs is 7. The fourth-order valence-electron chi connectivity index (χ4n) is 6.47. The summed E-state index contributed by atoms with van der Waals surface area (Å²) in [6.45, 7) is 0. The molecule has 0 atom stereocenters. The summed E-state index contributed by atoms with van der Waals surface area (Å²) in [6, 6.07) is 52.5. The molecule has 0 aliphatic carbocycles. The smallest absolute Gasteiger partial charge is 0.127 e. The van der Waals surface area contributed by atoms with Crippen molar-refractivity contribution in [2.75, 3.05) is 0 Å². The van der Waals surface area contributed by atoms with Crippen LogP contribution in [-0.4, -0.2) is 9.55 Å². The van der Waals surface area contributed by atoms with Gasteiger partial charge in [-0.2, -0.15) is 0 Å². The van der Waals surface area contributed by atoms with Crippen LogP contribution in [0, 0.1) is 0 Å². The van der Waals surface area contributed by atoms with E-state index in [-0.39, 0.29) is 0 Å². The van der Waals surface area contributed by atoms with E-state index >= 15 is 0 Å². The molecular formula is C39H24N2S. The van der Waals surface area contributed by atoms with Gasteiger partial charge in [-0.25, -0.2) is 4.98 Å². The third-order valence-electron chi connectivity index (χ3n) is 8.40. The molecule has 0 amide bonds. The molecule has 196 valence electrons. The molecule has 2 nitrogen and oxygen atoms in total. The molecule has 3 heteroatoms. The number of thiophene rings is 1. The van der Waals surface area contributed by atoms with Crippen LogP contribution in [0.25, 0.3) is 81.0 Å². The first-order valence-electron chi connectivity index (χ1n) is 14.2. The number of nitrogens with zero attached hydrogens (tertiary/aromatic N) is 2. The summed E-state index contributed by atoms with van der Waals surface area (Å²) in [5.41, 5.74) is 9.50. The normalized spacial score (nSPS) is 11.8. The minimum atomic E-state index is 1.02. The van der Waals surface area contributed by atoms with Crippen LogP contribution in [0.3, 0.4) is 0 Å². The molecule has 3 aromatic heterocycles. The van der Waals surface area contributed by atoms with Crippen molar-refractivity contribution in [1.82, 2.24) is 9.55 Å². The molecule has 0 radical (unpaired) electrons. The van der Waals surface area contributed by atoms with Gasteiger partial charge in [0.2, 0.25) is 0 Å². The zero-order chi connectivity index (χ0) is 27.6. The van der Waals surface area contributed by atoms with Crippen LogP contribution >= 0.6 is 11.3 Å². The number of para-hydroxylation sites is 1. The van der Waals surface area contributed by atoms with Crippen molar-refractivity contribution < 1.29 is 0 Å². The van der Waals surface area contributed by atoms with Gasteiger partial charge in [-0.3, -0.25) is 0 Å². The van der Waals surface area contributed by atoms with E-state index in [9.17, 15) is 0 Å². The standard InChI is InChI=1S/C39H24N2S/c1-3-11-25(12-4-1)27-19-21-34-31(23-27)32-24-28(26-13-5-2-6-14-26)20-22-35(32)41(34)38-29-15-7-9-17-33(29)40-39-37(38)30-16-8-10-18-36(30)42-39/h1-24H. The molecule has 3 heterocycles. The van der Waals surface area contributed by atoms with E-state index in [1.165, 1.54) is 65.2 Å². The highest BCUT2D eigenvalue weighted by molar-refractivity contribution is 7.25. The van der Waals surface area contributed by atoms with E-state index in [1.807, 2.05) is 0 Å². The Morgan fingerprint density at radius 2 is 1.00 bits per heavy atom. The van der Waals surface area contributed by atoms with Gasteiger partial charge < -0.3 is 4.57 Å². The molecule has 9 rings (SSSR count). The second-order valence-corrected chi connectivity index (χ2v) is 11.8. The third kappa shape index (κ3) is 3.47. The van der Waals surface area contributed by atoms with Crippen molar-refractivity contribution in [3.63, 3.8) is 0 Å². The van der Waals surface area contributed by atoms with E-state index in [4.69, 9.17) is 4.98 Å². The van der Waals surface area contributed by atoms with Gasteiger partial charge in [0.25, 0.3) is 0 Å². The molecule has 0 bridgehead atoms.